The van der Waals surface area contributed by atoms with Crippen molar-refractivity contribution in [3.63, 3.8) is 0 Å². The van der Waals surface area contributed by atoms with Crippen molar-refractivity contribution in [3.8, 4) is 0 Å². The molecule has 1 fully saturated rings. The topological polar surface area (TPSA) is 89.0 Å². The molecule has 0 saturated carbocycles. The van der Waals surface area contributed by atoms with E-state index in [0.717, 1.165) is 4.57 Å². The molecule has 0 amide bonds. The molecule has 1 aliphatic rings. The van der Waals surface area contributed by atoms with Crippen LogP contribution >= 0.6 is 11.6 Å². The van der Waals surface area contributed by atoms with Gasteiger partial charge in [-0.25, -0.2) is 18.5 Å². The number of ether oxygens (including phenoxy) is 1. The van der Waals surface area contributed by atoms with Crippen molar-refractivity contribution in [2.24, 2.45) is 0 Å². The third-order valence-corrected chi connectivity index (χ3v) is 4.52. The minimum absolute atomic E-state index is 0.0292. The monoisotopic (exact) mass is 368 g/mol. The highest BCUT2D eigenvalue weighted by Gasteiger charge is 2.20. The van der Waals surface area contributed by atoms with Gasteiger partial charge in [-0.15, -0.1) is 0 Å². The van der Waals surface area contributed by atoms with E-state index in [-0.39, 0.29) is 23.1 Å². The quantitative estimate of drug-likeness (QED) is 0.864. The first kappa shape index (κ1) is 17.6. The minimum Gasteiger partial charge on any atom is -0.381 e. The SMILES string of the molecule is C[C@H](Nc1nc(=O)n(C2CCOCC2)c(=O)[nH]1)c1ccc(Cl)c(F)c1. The maximum Gasteiger partial charge on any atom is 0.355 e. The summed E-state index contributed by atoms with van der Waals surface area (Å²) in [5.74, 6) is -0.495. The van der Waals surface area contributed by atoms with Gasteiger partial charge in [0, 0.05) is 19.3 Å². The lowest BCUT2D eigenvalue weighted by Gasteiger charge is -2.23. The van der Waals surface area contributed by atoms with Crippen LogP contribution in [0.1, 0.15) is 37.4 Å². The van der Waals surface area contributed by atoms with E-state index >= 15 is 0 Å². The Morgan fingerprint density at radius 2 is 2.12 bits per heavy atom. The molecular formula is C16H18ClFN4O3. The number of aromatic amines is 1. The second-order valence-corrected chi connectivity index (χ2v) is 6.33. The smallest absolute Gasteiger partial charge is 0.355 e. The number of nitrogens with zero attached hydrogens (tertiary/aromatic N) is 2. The normalized spacial score (nSPS) is 16.6. The summed E-state index contributed by atoms with van der Waals surface area (Å²) in [6.07, 6.45) is 1.19. The highest BCUT2D eigenvalue weighted by atomic mass is 35.5. The molecule has 9 heteroatoms. The maximum absolute atomic E-state index is 13.6. The summed E-state index contributed by atoms with van der Waals surface area (Å²) in [7, 11) is 0. The highest BCUT2D eigenvalue weighted by molar-refractivity contribution is 6.30. The van der Waals surface area contributed by atoms with E-state index < -0.39 is 17.2 Å². The van der Waals surface area contributed by atoms with Crippen LogP contribution in [-0.2, 0) is 4.74 Å². The molecule has 25 heavy (non-hydrogen) atoms. The van der Waals surface area contributed by atoms with Crippen LogP contribution < -0.4 is 16.7 Å². The second-order valence-electron chi connectivity index (χ2n) is 5.93. The summed E-state index contributed by atoms with van der Waals surface area (Å²) >= 11 is 5.67. The summed E-state index contributed by atoms with van der Waals surface area (Å²) < 4.78 is 19.9. The van der Waals surface area contributed by atoms with Gasteiger partial charge < -0.3 is 10.1 Å². The van der Waals surface area contributed by atoms with E-state index in [4.69, 9.17) is 16.3 Å². The van der Waals surface area contributed by atoms with Gasteiger partial charge in [0.2, 0.25) is 5.95 Å². The molecule has 2 N–H and O–H groups in total. The molecule has 2 aromatic rings. The van der Waals surface area contributed by atoms with Crippen LogP contribution in [0, 0.1) is 5.82 Å². The number of rotatable bonds is 4. The summed E-state index contributed by atoms with van der Waals surface area (Å²) in [5.41, 5.74) is -0.533. The first-order valence-electron chi connectivity index (χ1n) is 7.98. The number of nitrogens with one attached hydrogen (secondary N) is 2. The average Bonchev–Trinajstić information content (AvgIpc) is 2.57. The second kappa shape index (κ2) is 7.37. The fraction of sp³-hybridized carbons (Fsp3) is 0.438. The fourth-order valence-corrected chi connectivity index (χ4v) is 2.95. The van der Waals surface area contributed by atoms with Gasteiger partial charge >= 0.3 is 11.4 Å². The highest BCUT2D eigenvalue weighted by Crippen LogP contribution is 2.22. The molecular weight excluding hydrogens is 351 g/mol. The maximum atomic E-state index is 13.6. The van der Waals surface area contributed by atoms with Gasteiger partial charge in [-0.1, -0.05) is 17.7 Å². The Balaban J connectivity index is 1.82. The Bertz CT molecular complexity index is 845. The lowest BCUT2D eigenvalue weighted by atomic mass is 10.1. The van der Waals surface area contributed by atoms with Gasteiger partial charge in [0.05, 0.1) is 11.1 Å². The van der Waals surface area contributed by atoms with Crippen LogP contribution in [0.5, 0.6) is 0 Å². The average molecular weight is 369 g/mol. The van der Waals surface area contributed by atoms with Crippen molar-refractivity contribution in [2.45, 2.75) is 31.8 Å². The molecule has 3 rings (SSSR count). The number of halogens is 2. The largest absolute Gasteiger partial charge is 0.381 e. The van der Waals surface area contributed by atoms with Gasteiger partial charge in [0.25, 0.3) is 0 Å². The van der Waals surface area contributed by atoms with Crippen LogP contribution in [-0.4, -0.2) is 27.7 Å². The lowest BCUT2D eigenvalue weighted by molar-refractivity contribution is 0.0670. The number of hydrogen-bond acceptors (Lipinski definition) is 5. The third-order valence-electron chi connectivity index (χ3n) is 4.21. The standard InChI is InChI=1S/C16H18ClFN4O3/c1-9(10-2-3-12(17)13(18)8-10)19-14-20-15(23)22(16(24)21-14)11-4-6-25-7-5-11/h2-3,8-9,11H,4-7H2,1H3,(H2,19,20,21,23,24)/t9-/m0/s1. The Hall–Kier alpha value is -2.19. The summed E-state index contributed by atoms with van der Waals surface area (Å²) in [6, 6.07) is 3.80. The number of anilines is 1. The molecule has 2 heterocycles. The number of hydrogen-bond donors (Lipinski definition) is 2. The lowest BCUT2D eigenvalue weighted by Crippen LogP contribution is -2.42. The number of H-pyrrole nitrogens is 1. The van der Waals surface area contributed by atoms with E-state index in [9.17, 15) is 14.0 Å². The zero-order chi connectivity index (χ0) is 18.0. The van der Waals surface area contributed by atoms with Crippen molar-refractivity contribution >= 4 is 17.5 Å². The molecule has 134 valence electrons. The van der Waals surface area contributed by atoms with Crippen molar-refractivity contribution in [1.29, 1.82) is 0 Å². The molecule has 1 atom stereocenters. The van der Waals surface area contributed by atoms with E-state index in [1.165, 1.54) is 12.1 Å². The first-order valence-corrected chi connectivity index (χ1v) is 8.35. The van der Waals surface area contributed by atoms with Crippen LogP contribution in [0.25, 0.3) is 0 Å². The third kappa shape index (κ3) is 3.91. The molecule has 1 saturated heterocycles. The van der Waals surface area contributed by atoms with Gasteiger partial charge in [-0.2, -0.15) is 4.98 Å². The predicted molar refractivity (Wildman–Crippen MR) is 91.7 cm³/mol. The van der Waals surface area contributed by atoms with Crippen molar-refractivity contribution in [1.82, 2.24) is 14.5 Å². The molecule has 0 radical (unpaired) electrons. The van der Waals surface area contributed by atoms with Crippen molar-refractivity contribution in [2.75, 3.05) is 18.5 Å². The van der Waals surface area contributed by atoms with Gasteiger partial charge in [0.15, 0.2) is 0 Å². The van der Waals surface area contributed by atoms with Crippen molar-refractivity contribution in [3.05, 3.63) is 55.6 Å². The predicted octanol–water partition coefficient (Wildman–Crippen LogP) is 2.25. The summed E-state index contributed by atoms with van der Waals surface area (Å²) in [6.45, 7) is 2.78. The Morgan fingerprint density at radius 1 is 1.40 bits per heavy atom. The van der Waals surface area contributed by atoms with E-state index in [0.29, 0.717) is 31.6 Å². The van der Waals surface area contributed by atoms with Crippen LogP contribution in [0.3, 0.4) is 0 Å². The molecule has 0 unspecified atom stereocenters. The van der Waals surface area contributed by atoms with Gasteiger partial charge in [-0.3, -0.25) is 4.98 Å². The number of aromatic nitrogens is 3. The Morgan fingerprint density at radius 3 is 2.76 bits per heavy atom. The number of benzene rings is 1. The van der Waals surface area contributed by atoms with Crippen molar-refractivity contribution < 1.29 is 9.13 Å². The molecule has 0 bridgehead atoms. The van der Waals surface area contributed by atoms with E-state index in [2.05, 4.69) is 15.3 Å². The zero-order valence-electron chi connectivity index (χ0n) is 13.6. The summed E-state index contributed by atoms with van der Waals surface area (Å²) in [5, 5.41) is 2.93. The van der Waals surface area contributed by atoms with Gasteiger partial charge in [0.1, 0.15) is 5.82 Å². The van der Waals surface area contributed by atoms with E-state index in [1.54, 1.807) is 13.0 Å². The molecule has 0 spiro atoms. The zero-order valence-corrected chi connectivity index (χ0v) is 14.3. The molecule has 1 aliphatic heterocycles. The van der Waals surface area contributed by atoms with Crippen LogP contribution in [0.4, 0.5) is 10.3 Å². The first-order chi connectivity index (χ1) is 12.0. The Kier molecular flexibility index (Phi) is 5.19. The molecule has 7 nitrogen and oxygen atoms in total. The van der Waals surface area contributed by atoms with Crippen LogP contribution in [0.2, 0.25) is 5.02 Å². The minimum atomic E-state index is -0.618. The molecule has 1 aromatic heterocycles. The van der Waals surface area contributed by atoms with E-state index in [1.807, 2.05) is 0 Å². The molecule has 1 aromatic carbocycles. The summed E-state index contributed by atoms with van der Waals surface area (Å²) in [4.78, 5) is 31.0. The Labute approximate surface area is 147 Å². The van der Waals surface area contributed by atoms with Crippen LogP contribution in [0.15, 0.2) is 27.8 Å². The van der Waals surface area contributed by atoms with Gasteiger partial charge in [-0.05, 0) is 37.5 Å². The molecule has 0 aliphatic carbocycles. The fourth-order valence-electron chi connectivity index (χ4n) is 2.83.